The normalized spacial score (nSPS) is 10.7. The summed E-state index contributed by atoms with van der Waals surface area (Å²) in [6.45, 7) is 0. The fourth-order valence-corrected chi connectivity index (χ4v) is 1.63. The minimum atomic E-state index is -0.545. The van der Waals surface area contributed by atoms with E-state index in [1.165, 1.54) is 42.5 Å². The summed E-state index contributed by atoms with van der Waals surface area (Å²) < 4.78 is 0. The van der Waals surface area contributed by atoms with Gasteiger partial charge in [-0.15, -0.1) is 0 Å². The van der Waals surface area contributed by atoms with Crippen LogP contribution >= 0.6 is 0 Å². The Kier molecular flexibility index (Phi) is 4.22. The Bertz CT molecular complexity index is 711. The summed E-state index contributed by atoms with van der Waals surface area (Å²) in [6.07, 6.45) is 1.43. The molecular formula is C16H12N2O3. The SMILES string of the molecule is N#C/C(=C/c1ccc(O)cc1)C(=O)Nc1ccc(O)cc1. The van der Waals surface area contributed by atoms with E-state index in [0.717, 1.165) is 0 Å². The fraction of sp³-hybridized carbons (Fsp3) is 0. The molecule has 0 aliphatic heterocycles. The van der Waals surface area contributed by atoms with Crippen molar-refractivity contribution in [3.05, 3.63) is 59.7 Å². The molecule has 2 aromatic carbocycles. The first-order chi connectivity index (χ1) is 10.1. The molecule has 0 aliphatic carbocycles. The highest BCUT2D eigenvalue weighted by Gasteiger charge is 2.09. The van der Waals surface area contributed by atoms with E-state index in [2.05, 4.69) is 5.32 Å². The molecule has 0 heterocycles. The Balaban J connectivity index is 2.17. The summed E-state index contributed by atoms with van der Waals surface area (Å²) in [4.78, 5) is 12.0. The number of phenolic OH excluding ortho intramolecular Hbond substituents is 2. The van der Waals surface area contributed by atoms with E-state index in [-0.39, 0.29) is 17.1 Å². The Morgan fingerprint density at radius 2 is 1.52 bits per heavy atom. The van der Waals surface area contributed by atoms with Crippen LogP contribution in [0.3, 0.4) is 0 Å². The minimum absolute atomic E-state index is 0.0613. The summed E-state index contributed by atoms with van der Waals surface area (Å²) in [6, 6.07) is 13.9. The van der Waals surface area contributed by atoms with Crippen LogP contribution in [0.5, 0.6) is 11.5 Å². The standard InChI is InChI=1S/C16H12N2O3/c17-10-12(9-11-1-5-14(19)6-2-11)16(21)18-13-3-7-15(20)8-4-13/h1-9,19-20H,(H,18,21)/b12-9-. The molecule has 0 saturated carbocycles. The van der Waals surface area contributed by atoms with Crippen molar-refractivity contribution in [2.24, 2.45) is 0 Å². The molecule has 0 unspecified atom stereocenters. The number of hydrogen-bond donors (Lipinski definition) is 3. The third kappa shape index (κ3) is 3.85. The Morgan fingerprint density at radius 3 is 2.05 bits per heavy atom. The lowest BCUT2D eigenvalue weighted by atomic mass is 10.1. The molecule has 3 N–H and O–H groups in total. The first-order valence-corrected chi connectivity index (χ1v) is 6.10. The van der Waals surface area contributed by atoms with Crippen molar-refractivity contribution in [2.45, 2.75) is 0 Å². The average Bonchev–Trinajstić information content (AvgIpc) is 2.49. The quantitative estimate of drug-likeness (QED) is 0.457. The molecular weight excluding hydrogens is 268 g/mol. The number of amides is 1. The van der Waals surface area contributed by atoms with Gasteiger partial charge in [0.1, 0.15) is 23.1 Å². The fourth-order valence-electron chi connectivity index (χ4n) is 1.63. The molecule has 2 aromatic rings. The van der Waals surface area contributed by atoms with Gasteiger partial charge in [0.25, 0.3) is 5.91 Å². The van der Waals surface area contributed by atoms with Gasteiger partial charge >= 0.3 is 0 Å². The predicted molar refractivity (Wildman–Crippen MR) is 78.4 cm³/mol. The van der Waals surface area contributed by atoms with Gasteiger partial charge < -0.3 is 15.5 Å². The highest BCUT2D eigenvalue weighted by atomic mass is 16.3. The highest BCUT2D eigenvalue weighted by molar-refractivity contribution is 6.09. The second kappa shape index (κ2) is 6.26. The van der Waals surface area contributed by atoms with E-state index in [1.54, 1.807) is 12.1 Å². The molecule has 0 aliphatic rings. The number of aromatic hydroxyl groups is 2. The number of nitrogens with zero attached hydrogens (tertiary/aromatic N) is 1. The number of rotatable bonds is 3. The van der Waals surface area contributed by atoms with E-state index >= 15 is 0 Å². The third-order valence-electron chi connectivity index (χ3n) is 2.69. The van der Waals surface area contributed by atoms with Gasteiger partial charge in [-0.25, -0.2) is 0 Å². The number of nitrogens with one attached hydrogen (secondary N) is 1. The second-order valence-corrected chi connectivity index (χ2v) is 4.26. The van der Waals surface area contributed by atoms with E-state index in [9.17, 15) is 9.90 Å². The minimum Gasteiger partial charge on any atom is -0.508 e. The van der Waals surface area contributed by atoms with Gasteiger partial charge in [-0.3, -0.25) is 4.79 Å². The van der Waals surface area contributed by atoms with Gasteiger partial charge in [0.2, 0.25) is 0 Å². The van der Waals surface area contributed by atoms with E-state index in [1.807, 2.05) is 6.07 Å². The monoisotopic (exact) mass is 280 g/mol. The van der Waals surface area contributed by atoms with Crippen molar-refractivity contribution in [1.82, 2.24) is 0 Å². The second-order valence-electron chi connectivity index (χ2n) is 4.26. The zero-order valence-electron chi connectivity index (χ0n) is 10.9. The molecule has 5 nitrogen and oxygen atoms in total. The first-order valence-electron chi connectivity index (χ1n) is 6.10. The number of hydrogen-bond acceptors (Lipinski definition) is 4. The molecule has 2 rings (SSSR count). The number of nitriles is 1. The molecule has 5 heteroatoms. The number of carbonyl (C=O) groups is 1. The van der Waals surface area contributed by atoms with Crippen LogP contribution < -0.4 is 5.32 Å². The molecule has 0 saturated heterocycles. The maximum Gasteiger partial charge on any atom is 0.266 e. The molecule has 0 fully saturated rings. The van der Waals surface area contributed by atoms with Crippen molar-refractivity contribution in [3.63, 3.8) is 0 Å². The van der Waals surface area contributed by atoms with Gasteiger partial charge in [-0.1, -0.05) is 12.1 Å². The van der Waals surface area contributed by atoms with Crippen molar-refractivity contribution in [2.75, 3.05) is 5.32 Å². The Labute approximate surface area is 121 Å². The maximum atomic E-state index is 12.0. The van der Waals surface area contributed by atoms with Crippen LogP contribution in [0, 0.1) is 11.3 Å². The number of benzene rings is 2. The van der Waals surface area contributed by atoms with Gasteiger partial charge in [0.05, 0.1) is 0 Å². The lowest BCUT2D eigenvalue weighted by Gasteiger charge is -2.04. The van der Waals surface area contributed by atoms with Gasteiger partial charge in [-0.2, -0.15) is 5.26 Å². The van der Waals surface area contributed by atoms with Gasteiger partial charge in [-0.05, 0) is 48.0 Å². The lowest BCUT2D eigenvalue weighted by molar-refractivity contribution is -0.112. The van der Waals surface area contributed by atoms with E-state index in [4.69, 9.17) is 10.4 Å². The lowest BCUT2D eigenvalue weighted by Crippen LogP contribution is -2.13. The van der Waals surface area contributed by atoms with Crippen molar-refractivity contribution in [3.8, 4) is 17.6 Å². The molecule has 0 atom stereocenters. The van der Waals surface area contributed by atoms with E-state index in [0.29, 0.717) is 11.3 Å². The van der Waals surface area contributed by atoms with E-state index < -0.39 is 5.91 Å². The van der Waals surface area contributed by atoms with Crippen LogP contribution in [0.4, 0.5) is 5.69 Å². The van der Waals surface area contributed by atoms with Crippen LogP contribution in [0.25, 0.3) is 6.08 Å². The molecule has 0 spiro atoms. The summed E-state index contributed by atoms with van der Waals surface area (Å²) in [5.74, 6) is -0.344. The number of phenols is 2. The summed E-state index contributed by atoms with van der Waals surface area (Å²) >= 11 is 0. The summed E-state index contributed by atoms with van der Waals surface area (Å²) in [5.41, 5.74) is 1.05. The predicted octanol–water partition coefficient (Wildman–Crippen LogP) is 2.64. The smallest absolute Gasteiger partial charge is 0.266 e. The van der Waals surface area contributed by atoms with Crippen molar-refractivity contribution in [1.29, 1.82) is 5.26 Å². The maximum absolute atomic E-state index is 12.0. The first kappa shape index (κ1) is 14.2. The van der Waals surface area contributed by atoms with Crippen LogP contribution in [-0.2, 0) is 4.79 Å². The number of anilines is 1. The zero-order valence-corrected chi connectivity index (χ0v) is 10.9. The average molecular weight is 280 g/mol. The number of carbonyl (C=O) groups excluding carboxylic acids is 1. The molecule has 0 aromatic heterocycles. The largest absolute Gasteiger partial charge is 0.508 e. The molecule has 1 amide bonds. The van der Waals surface area contributed by atoms with Crippen LogP contribution in [0.1, 0.15) is 5.56 Å². The zero-order chi connectivity index (χ0) is 15.2. The van der Waals surface area contributed by atoms with Crippen molar-refractivity contribution < 1.29 is 15.0 Å². The Morgan fingerprint density at radius 1 is 1.00 bits per heavy atom. The summed E-state index contributed by atoms with van der Waals surface area (Å²) in [7, 11) is 0. The summed E-state index contributed by atoms with van der Waals surface area (Å²) in [5, 5.41) is 30.0. The van der Waals surface area contributed by atoms with Crippen molar-refractivity contribution >= 4 is 17.7 Å². The van der Waals surface area contributed by atoms with Gasteiger partial charge in [0.15, 0.2) is 0 Å². The van der Waals surface area contributed by atoms with Crippen LogP contribution in [0.2, 0.25) is 0 Å². The van der Waals surface area contributed by atoms with Crippen LogP contribution in [0.15, 0.2) is 54.1 Å². The topological polar surface area (TPSA) is 93.3 Å². The molecule has 104 valence electrons. The molecule has 21 heavy (non-hydrogen) atoms. The third-order valence-corrected chi connectivity index (χ3v) is 2.69. The molecule has 0 bridgehead atoms. The Hall–Kier alpha value is -3.26. The van der Waals surface area contributed by atoms with Crippen LogP contribution in [-0.4, -0.2) is 16.1 Å². The van der Waals surface area contributed by atoms with Gasteiger partial charge in [0, 0.05) is 5.69 Å². The highest BCUT2D eigenvalue weighted by Crippen LogP contribution is 2.16. The molecule has 0 radical (unpaired) electrons.